The molecule has 0 amide bonds. The summed E-state index contributed by atoms with van der Waals surface area (Å²) in [7, 11) is -1.28. The molecular weight excluding hydrogens is 179 g/mol. The van der Waals surface area contributed by atoms with E-state index in [1.165, 1.54) is 0 Å². The molecule has 0 saturated carbocycles. The summed E-state index contributed by atoms with van der Waals surface area (Å²) in [5.41, 5.74) is 0.534. The Morgan fingerprint density at radius 2 is 1.71 bits per heavy atom. The Hall–Kier alpha value is -1.36. The summed E-state index contributed by atoms with van der Waals surface area (Å²) < 4.78 is 0. The van der Waals surface area contributed by atoms with Gasteiger partial charge in [0.05, 0.1) is 0 Å². The molecule has 2 N–H and O–H groups in total. The highest BCUT2D eigenvalue weighted by Crippen LogP contribution is 2.11. The average molecular weight is 188 g/mol. The van der Waals surface area contributed by atoms with Gasteiger partial charge in [0.15, 0.2) is 0 Å². The number of benzene rings is 2. The molecule has 14 heavy (non-hydrogen) atoms. The maximum absolute atomic E-state index is 9.22. The second-order valence-electron chi connectivity index (χ2n) is 3.06. The molecule has 0 radical (unpaired) electrons. The first-order valence-electron chi connectivity index (χ1n) is 4.28. The van der Waals surface area contributed by atoms with E-state index >= 15 is 0 Å². The van der Waals surface area contributed by atoms with Gasteiger partial charge in [-0.25, -0.2) is 0 Å². The van der Waals surface area contributed by atoms with Crippen LogP contribution >= 0.6 is 0 Å². The lowest BCUT2D eigenvalue weighted by Crippen LogP contribution is -2.32. The number of rotatable bonds is 2. The normalized spacial score (nSPS) is 10.4. The summed E-state index contributed by atoms with van der Waals surface area (Å²) in [6.45, 7) is 0. The highest BCUT2D eigenvalue weighted by Gasteiger charge is 2.15. The van der Waals surface area contributed by atoms with Gasteiger partial charge in [0.2, 0.25) is 0 Å². The van der Waals surface area contributed by atoms with Gasteiger partial charge in [-0.3, -0.25) is 10.1 Å². The quantitative estimate of drug-likeness (QED) is 0.420. The van der Waals surface area contributed by atoms with Gasteiger partial charge in [0.25, 0.3) is 0 Å². The predicted octanol–water partition coefficient (Wildman–Crippen LogP) is 1.02. The molecule has 0 aliphatic carbocycles. The Labute approximate surface area is 81.6 Å². The topological polar surface area (TPSA) is 49.7 Å². The molecule has 3 nitrogen and oxygen atoms in total. The summed E-state index contributed by atoms with van der Waals surface area (Å²) >= 11 is 0. The SMILES string of the molecule is OOB(O)c1ccc2ccccc2c1. The average Bonchev–Trinajstić information content (AvgIpc) is 2.27. The van der Waals surface area contributed by atoms with Crippen molar-refractivity contribution in [1.82, 2.24) is 0 Å². The Morgan fingerprint density at radius 3 is 2.43 bits per heavy atom. The van der Waals surface area contributed by atoms with Crippen LogP contribution in [0.15, 0.2) is 42.5 Å². The fraction of sp³-hybridized carbons (Fsp3) is 0. The van der Waals surface area contributed by atoms with Crippen LogP contribution in [0.1, 0.15) is 0 Å². The van der Waals surface area contributed by atoms with E-state index in [-0.39, 0.29) is 0 Å². The highest BCUT2D eigenvalue weighted by molar-refractivity contribution is 6.60. The zero-order valence-electron chi connectivity index (χ0n) is 7.42. The molecule has 0 unspecified atom stereocenters. The number of hydrogen-bond donors (Lipinski definition) is 2. The molecule has 0 fully saturated rings. The molecule has 0 aliphatic rings. The van der Waals surface area contributed by atoms with Crippen LogP contribution in [0.3, 0.4) is 0 Å². The van der Waals surface area contributed by atoms with Gasteiger partial charge in [0.1, 0.15) is 0 Å². The second-order valence-corrected chi connectivity index (χ2v) is 3.06. The van der Waals surface area contributed by atoms with E-state index in [0.717, 1.165) is 10.8 Å². The molecule has 2 aromatic carbocycles. The standard InChI is InChI=1S/C10H9BO3/c12-11(14-13)10-6-5-8-3-1-2-4-9(8)7-10/h1-7,12-13H. The lowest BCUT2D eigenvalue weighted by Gasteiger charge is -2.03. The molecule has 70 valence electrons. The van der Waals surface area contributed by atoms with E-state index in [9.17, 15) is 5.02 Å². The van der Waals surface area contributed by atoms with Crippen LogP contribution < -0.4 is 5.46 Å². The molecule has 0 heterocycles. The van der Waals surface area contributed by atoms with Gasteiger partial charge >= 0.3 is 7.12 Å². The molecule has 2 aromatic rings. The first-order chi connectivity index (χ1) is 6.81. The maximum atomic E-state index is 9.22. The predicted molar refractivity (Wildman–Crippen MR) is 55.3 cm³/mol. The van der Waals surface area contributed by atoms with Crippen molar-refractivity contribution >= 4 is 23.4 Å². The molecular formula is C10H9BO3. The smallest absolute Gasteiger partial charge is 0.422 e. The first kappa shape index (κ1) is 9.21. The molecule has 2 rings (SSSR count). The zero-order chi connectivity index (χ0) is 9.97. The van der Waals surface area contributed by atoms with Gasteiger partial charge in [-0.15, -0.1) is 0 Å². The van der Waals surface area contributed by atoms with Crippen molar-refractivity contribution in [2.24, 2.45) is 0 Å². The molecule has 0 aromatic heterocycles. The lowest BCUT2D eigenvalue weighted by atomic mass is 9.79. The van der Waals surface area contributed by atoms with E-state index in [4.69, 9.17) is 5.26 Å². The number of hydrogen-bond acceptors (Lipinski definition) is 3. The van der Waals surface area contributed by atoms with E-state index in [0.29, 0.717) is 5.46 Å². The molecule has 0 atom stereocenters. The van der Waals surface area contributed by atoms with Crippen LogP contribution in [-0.4, -0.2) is 17.4 Å². The van der Waals surface area contributed by atoms with Crippen LogP contribution in [-0.2, 0) is 4.81 Å². The Bertz CT molecular complexity index is 444. The maximum Gasteiger partial charge on any atom is 0.522 e. The minimum absolute atomic E-state index is 0.534. The lowest BCUT2D eigenvalue weighted by molar-refractivity contribution is -0.154. The van der Waals surface area contributed by atoms with Gasteiger partial charge in [0, 0.05) is 0 Å². The van der Waals surface area contributed by atoms with Crippen molar-refractivity contribution in [2.75, 3.05) is 0 Å². The third kappa shape index (κ3) is 1.63. The molecule has 4 heteroatoms. The van der Waals surface area contributed by atoms with E-state index in [1.54, 1.807) is 12.1 Å². The largest absolute Gasteiger partial charge is 0.522 e. The van der Waals surface area contributed by atoms with Crippen molar-refractivity contribution < 1.29 is 15.1 Å². The third-order valence-electron chi connectivity index (χ3n) is 2.16. The minimum Gasteiger partial charge on any atom is -0.422 e. The van der Waals surface area contributed by atoms with Crippen molar-refractivity contribution in [3.63, 3.8) is 0 Å². The molecule has 0 saturated heterocycles. The zero-order valence-corrected chi connectivity index (χ0v) is 7.42. The van der Waals surface area contributed by atoms with E-state index in [1.807, 2.05) is 30.3 Å². The van der Waals surface area contributed by atoms with Gasteiger partial charge < -0.3 is 5.02 Å². The Morgan fingerprint density at radius 1 is 1.00 bits per heavy atom. The number of fused-ring (bicyclic) bond motifs is 1. The fourth-order valence-corrected chi connectivity index (χ4v) is 1.42. The fourth-order valence-electron chi connectivity index (χ4n) is 1.42. The van der Waals surface area contributed by atoms with Crippen LogP contribution in [0.5, 0.6) is 0 Å². The van der Waals surface area contributed by atoms with Crippen molar-refractivity contribution in [3.8, 4) is 0 Å². The van der Waals surface area contributed by atoms with Gasteiger partial charge in [-0.05, 0) is 16.2 Å². The molecule has 0 spiro atoms. The Kier molecular flexibility index (Phi) is 2.50. The summed E-state index contributed by atoms with van der Waals surface area (Å²) in [6.07, 6.45) is 0. The molecule has 0 bridgehead atoms. The summed E-state index contributed by atoms with van der Waals surface area (Å²) in [5, 5.41) is 19.6. The van der Waals surface area contributed by atoms with Crippen molar-refractivity contribution in [3.05, 3.63) is 42.5 Å². The summed E-state index contributed by atoms with van der Waals surface area (Å²) in [4.78, 5) is 3.84. The van der Waals surface area contributed by atoms with E-state index in [2.05, 4.69) is 4.81 Å². The summed E-state index contributed by atoms with van der Waals surface area (Å²) in [5.74, 6) is 0. The third-order valence-corrected chi connectivity index (χ3v) is 2.16. The van der Waals surface area contributed by atoms with Crippen LogP contribution in [0.4, 0.5) is 0 Å². The van der Waals surface area contributed by atoms with Crippen LogP contribution in [0.25, 0.3) is 10.8 Å². The van der Waals surface area contributed by atoms with Crippen LogP contribution in [0, 0.1) is 0 Å². The van der Waals surface area contributed by atoms with E-state index < -0.39 is 7.12 Å². The second kappa shape index (κ2) is 3.80. The van der Waals surface area contributed by atoms with Gasteiger partial charge in [-0.1, -0.05) is 42.5 Å². The monoisotopic (exact) mass is 188 g/mol. The van der Waals surface area contributed by atoms with Crippen molar-refractivity contribution in [1.29, 1.82) is 0 Å². The highest BCUT2D eigenvalue weighted by atomic mass is 17.1. The first-order valence-corrected chi connectivity index (χ1v) is 4.28. The van der Waals surface area contributed by atoms with Gasteiger partial charge in [-0.2, -0.15) is 0 Å². The van der Waals surface area contributed by atoms with Crippen molar-refractivity contribution in [2.45, 2.75) is 0 Å². The minimum atomic E-state index is -1.28. The van der Waals surface area contributed by atoms with Crippen LogP contribution in [0.2, 0.25) is 0 Å². The molecule has 0 aliphatic heterocycles. The summed E-state index contributed by atoms with van der Waals surface area (Å²) in [6, 6.07) is 13.1. The Balaban J connectivity index is 2.51.